The zero-order valence-corrected chi connectivity index (χ0v) is 17.8. The van der Waals surface area contributed by atoms with Crippen LogP contribution in [0.5, 0.6) is 0 Å². The molecule has 0 N–H and O–H groups in total. The molecule has 0 nitrogen and oxygen atoms in total. The Morgan fingerprint density at radius 1 is 0.344 bits per heavy atom. The first-order chi connectivity index (χ1) is 15.9. The molecule has 0 radical (unpaired) electrons. The normalized spacial score (nSPS) is 12.8. The average Bonchev–Trinajstić information content (AvgIpc) is 3.28. The number of fused-ring (bicyclic) bond motifs is 2. The van der Waals surface area contributed by atoms with Crippen LogP contribution in [0.3, 0.4) is 0 Å². The molecule has 0 bridgehead atoms. The molecule has 0 heteroatoms. The van der Waals surface area contributed by atoms with Crippen molar-refractivity contribution in [3.8, 4) is 0 Å². The van der Waals surface area contributed by atoms with Crippen LogP contribution in [0, 0.1) is 0 Å². The van der Waals surface area contributed by atoms with E-state index in [2.05, 4.69) is 109 Å². The Morgan fingerprint density at radius 2 is 0.906 bits per heavy atom. The van der Waals surface area contributed by atoms with Crippen LogP contribution >= 0.6 is 0 Å². The summed E-state index contributed by atoms with van der Waals surface area (Å²) in [5.41, 5.74) is 3.06. The molecular formula is C32H22. The van der Waals surface area contributed by atoms with Crippen molar-refractivity contribution in [1.29, 1.82) is 0 Å². The summed E-state index contributed by atoms with van der Waals surface area (Å²) in [4.78, 5) is 0. The Kier molecular flexibility index (Phi) is 3.77. The molecule has 0 atom stereocenters. The number of aryl methyl sites for hydroxylation is 2. The van der Waals surface area contributed by atoms with Crippen LogP contribution in [0.4, 0.5) is 0 Å². The quantitative estimate of drug-likeness (QED) is 0.175. The SMILES string of the molecule is c1cc2c3c(cccc3c1)CC2.c1ccc2c(c1)cc1ccc3cccc4ccc2c1c34. The van der Waals surface area contributed by atoms with Gasteiger partial charge in [0, 0.05) is 0 Å². The number of benzene rings is 7. The Bertz CT molecular complexity index is 1720. The second kappa shape index (κ2) is 6.80. The van der Waals surface area contributed by atoms with Crippen molar-refractivity contribution in [3.05, 3.63) is 120 Å². The highest BCUT2D eigenvalue weighted by Crippen LogP contribution is 2.38. The van der Waals surface area contributed by atoms with Crippen LogP contribution in [0.25, 0.3) is 53.9 Å². The minimum absolute atomic E-state index is 1.23. The molecule has 1 aliphatic rings. The number of rotatable bonds is 0. The fourth-order valence-electron chi connectivity index (χ4n) is 5.68. The van der Waals surface area contributed by atoms with Crippen LogP contribution in [0.1, 0.15) is 11.1 Å². The van der Waals surface area contributed by atoms with Gasteiger partial charge in [0.05, 0.1) is 0 Å². The molecule has 0 aromatic heterocycles. The molecule has 0 aliphatic heterocycles. The first-order valence-corrected chi connectivity index (χ1v) is 11.4. The predicted octanol–water partition coefficient (Wildman–Crippen LogP) is 8.68. The lowest BCUT2D eigenvalue weighted by Gasteiger charge is -2.12. The number of hydrogen-bond donors (Lipinski definition) is 0. The third-order valence-corrected chi connectivity index (χ3v) is 7.11. The van der Waals surface area contributed by atoms with Crippen molar-refractivity contribution in [3.63, 3.8) is 0 Å². The van der Waals surface area contributed by atoms with Gasteiger partial charge < -0.3 is 0 Å². The number of hydrogen-bond acceptors (Lipinski definition) is 0. The Balaban J connectivity index is 0.000000128. The second-order valence-electron chi connectivity index (χ2n) is 8.89. The molecule has 0 saturated heterocycles. The standard InChI is InChI=1S/C20H12.C12H10/c1-2-7-17-15(4-1)12-16-9-8-13-5-3-6-14-10-11-18(17)20(16)19(13)14;1-3-9-4-2-6-11-8-7-10(5-1)12(9)11/h1-12H;1-6H,7-8H2. The third kappa shape index (κ3) is 2.56. The summed E-state index contributed by atoms with van der Waals surface area (Å²) < 4.78 is 0. The highest BCUT2D eigenvalue weighted by molar-refractivity contribution is 6.28. The van der Waals surface area contributed by atoms with Crippen LogP contribution in [-0.2, 0) is 12.8 Å². The van der Waals surface area contributed by atoms with E-state index in [1.165, 1.54) is 77.8 Å². The van der Waals surface area contributed by atoms with Gasteiger partial charge in [0.25, 0.3) is 0 Å². The zero-order chi connectivity index (χ0) is 21.1. The largest absolute Gasteiger partial charge is 0.0616 e. The lowest BCUT2D eigenvalue weighted by Crippen LogP contribution is -1.85. The van der Waals surface area contributed by atoms with E-state index in [0.717, 1.165) is 0 Å². The van der Waals surface area contributed by atoms with E-state index in [1.54, 1.807) is 0 Å². The van der Waals surface area contributed by atoms with E-state index >= 15 is 0 Å². The lowest BCUT2D eigenvalue weighted by atomic mass is 9.91. The maximum Gasteiger partial charge on any atom is -0.00204 e. The zero-order valence-electron chi connectivity index (χ0n) is 17.8. The highest BCUT2D eigenvalue weighted by atomic mass is 14.2. The molecule has 150 valence electrons. The van der Waals surface area contributed by atoms with Crippen LogP contribution < -0.4 is 0 Å². The maximum absolute atomic E-state index is 2.31. The molecule has 0 unspecified atom stereocenters. The monoisotopic (exact) mass is 406 g/mol. The topological polar surface area (TPSA) is 0 Å². The smallest absolute Gasteiger partial charge is 0.00204 e. The molecule has 0 heterocycles. The fraction of sp³-hybridized carbons (Fsp3) is 0.0625. The summed E-state index contributed by atoms with van der Waals surface area (Å²) in [6.07, 6.45) is 2.47. The Labute approximate surface area is 187 Å². The van der Waals surface area contributed by atoms with E-state index < -0.39 is 0 Å². The minimum atomic E-state index is 1.23. The van der Waals surface area contributed by atoms with Crippen LogP contribution in [-0.4, -0.2) is 0 Å². The summed E-state index contributed by atoms with van der Waals surface area (Å²) >= 11 is 0. The molecule has 32 heavy (non-hydrogen) atoms. The average molecular weight is 407 g/mol. The molecule has 0 saturated carbocycles. The summed E-state index contributed by atoms with van der Waals surface area (Å²) in [5.74, 6) is 0. The molecule has 8 rings (SSSR count). The van der Waals surface area contributed by atoms with E-state index in [9.17, 15) is 0 Å². The summed E-state index contributed by atoms with van der Waals surface area (Å²) in [6.45, 7) is 0. The predicted molar refractivity (Wildman–Crippen MR) is 139 cm³/mol. The minimum Gasteiger partial charge on any atom is -0.0616 e. The van der Waals surface area contributed by atoms with Gasteiger partial charge in [-0.25, -0.2) is 0 Å². The van der Waals surface area contributed by atoms with E-state index in [-0.39, 0.29) is 0 Å². The van der Waals surface area contributed by atoms with Gasteiger partial charge in [-0.3, -0.25) is 0 Å². The van der Waals surface area contributed by atoms with Gasteiger partial charge in [0.2, 0.25) is 0 Å². The molecule has 0 spiro atoms. The summed E-state index contributed by atoms with van der Waals surface area (Å²) in [7, 11) is 0. The molecule has 7 aromatic rings. The summed E-state index contributed by atoms with van der Waals surface area (Å²) in [6, 6.07) is 39.7. The van der Waals surface area contributed by atoms with Gasteiger partial charge in [-0.15, -0.1) is 0 Å². The first-order valence-electron chi connectivity index (χ1n) is 11.4. The Hall–Kier alpha value is -3.90. The van der Waals surface area contributed by atoms with Crippen molar-refractivity contribution in [2.75, 3.05) is 0 Å². The maximum atomic E-state index is 2.31. The van der Waals surface area contributed by atoms with Crippen molar-refractivity contribution in [2.45, 2.75) is 12.8 Å². The van der Waals surface area contributed by atoms with Gasteiger partial charge in [0.15, 0.2) is 0 Å². The molecule has 0 fully saturated rings. The lowest BCUT2D eigenvalue weighted by molar-refractivity contribution is 1.02. The molecule has 1 aliphatic carbocycles. The van der Waals surface area contributed by atoms with Crippen molar-refractivity contribution in [1.82, 2.24) is 0 Å². The van der Waals surface area contributed by atoms with E-state index in [4.69, 9.17) is 0 Å². The summed E-state index contributed by atoms with van der Waals surface area (Å²) in [5, 5.41) is 13.7. The van der Waals surface area contributed by atoms with E-state index in [1.807, 2.05) is 0 Å². The van der Waals surface area contributed by atoms with E-state index in [0.29, 0.717) is 0 Å². The fourth-order valence-corrected chi connectivity index (χ4v) is 5.68. The Morgan fingerprint density at radius 3 is 1.66 bits per heavy atom. The van der Waals surface area contributed by atoms with Crippen LogP contribution in [0.2, 0.25) is 0 Å². The van der Waals surface area contributed by atoms with Gasteiger partial charge in [-0.05, 0) is 83.9 Å². The molecular weight excluding hydrogens is 384 g/mol. The van der Waals surface area contributed by atoms with Gasteiger partial charge in [-0.2, -0.15) is 0 Å². The third-order valence-electron chi connectivity index (χ3n) is 7.11. The second-order valence-corrected chi connectivity index (χ2v) is 8.89. The molecule has 7 aromatic carbocycles. The van der Waals surface area contributed by atoms with Gasteiger partial charge in [-0.1, -0.05) is 103 Å². The van der Waals surface area contributed by atoms with Gasteiger partial charge in [0.1, 0.15) is 0 Å². The highest BCUT2D eigenvalue weighted by Gasteiger charge is 2.12. The van der Waals surface area contributed by atoms with Crippen molar-refractivity contribution in [2.24, 2.45) is 0 Å². The van der Waals surface area contributed by atoms with Crippen molar-refractivity contribution >= 4 is 53.9 Å². The van der Waals surface area contributed by atoms with Crippen molar-refractivity contribution < 1.29 is 0 Å². The first kappa shape index (κ1) is 17.7. The van der Waals surface area contributed by atoms with Gasteiger partial charge >= 0.3 is 0 Å². The van der Waals surface area contributed by atoms with Crippen LogP contribution in [0.15, 0.2) is 109 Å². The molecule has 0 amide bonds.